The minimum absolute atomic E-state index is 0.157. The maximum absolute atomic E-state index is 11.4. The van der Waals surface area contributed by atoms with E-state index in [0.717, 1.165) is 14.0 Å². The van der Waals surface area contributed by atoms with Crippen molar-refractivity contribution in [3.63, 3.8) is 0 Å². The van der Waals surface area contributed by atoms with Crippen LogP contribution in [0, 0.1) is 3.57 Å². The average molecular weight is 292 g/mol. The predicted molar refractivity (Wildman–Crippen MR) is 61.0 cm³/mol. The van der Waals surface area contributed by atoms with Gasteiger partial charge in [0.15, 0.2) is 5.78 Å². The Morgan fingerprint density at radius 1 is 1.58 bits per heavy atom. The van der Waals surface area contributed by atoms with Crippen LogP contribution in [0.4, 0.5) is 0 Å². The van der Waals surface area contributed by atoms with E-state index in [4.69, 9.17) is 0 Å². The van der Waals surface area contributed by atoms with E-state index in [1.165, 1.54) is 0 Å². The fourth-order valence-corrected chi connectivity index (χ4v) is 2.31. The second kappa shape index (κ2) is 4.28. The molecule has 0 saturated heterocycles. The Labute approximate surface area is 91.1 Å². The molecular weight excluding hydrogens is 283 g/mol. The molecule has 0 aromatic heterocycles. The van der Waals surface area contributed by atoms with E-state index in [9.17, 15) is 4.79 Å². The second-order valence-electron chi connectivity index (χ2n) is 2.41. The van der Waals surface area contributed by atoms with Crippen molar-refractivity contribution in [1.29, 1.82) is 0 Å². The molecule has 0 fully saturated rings. The number of benzene rings is 1. The molecule has 0 aliphatic carbocycles. The van der Waals surface area contributed by atoms with Crippen LogP contribution in [0.2, 0.25) is 0 Å². The van der Waals surface area contributed by atoms with Crippen LogP contribution in [-0.4, -0.2) is 5.78 Å². The van der Waals surface area contributed by atoms with Crippen molar-refractivity contribution in [3.05, 3.63) is 27.3 Å². The first kappa shape index (κ1) is 10.1. The normalized spacial score (nSPS) is 9.92. The van der Waals surface area contributed by atoms with Crippen molar-refractivity contribution in [3.8, 4) is 0 Å². The molecule has 0 atom stereocenters. The summed E-state index contributed by atoms with van der Waals surface area (Å²) in [5.41, 5.74) is 0.754. The molecule has 3 heteroatoms. The molecule has 64 valence electrons. The summed E-state index contributed by atoms with van der Waals surface area (Å²) in [6.45, 7) is 1.86. The first-order chi connectivity index (χ1) is 5.66. The van der Waals surface area contributed by atoms with E-state index in [1.54, 1.807) is 0 Å². The van der Waals surface area contributed by atoms with Crippen LogP contribution >= 0.6 is 35.2 Å². The van der Waals surface area contributed by atoms with Gasteiger partial charge in [0.25, 0.3) is 0 Å². The fraction of sp³-hybridized carbons (Fsp3) is 0.222. The third-order valence-electron chi connectivity index (χ3n) is 1.59. The lowest BCUT2D eigenvalue weighted by molar-refractivity contribution is 0.0984. The SMILES string of the molecule is CCC(=O)c1c(S)cccc1I. The van der Waals surface area contributed by atoms with Gasteiger partial charge in [-0.05, 0) is 34.7 Å². The van der Waals surface area contributed by atoms with Gasteiger partial charge >= 0.3 is 0 Å². The smallest absolute Gasteiger partial charge is 0.164 e. The van der Waals surface area contributed by atoms with E-state index < -0.39 is 0 Å². The van der Waals surface area contributed by atoms with Crippen molar-refractivity contribution < 1.29 is 4.79 Å². The van der Waals surface area contributed by atoms with Crippen molar-refractivity contribution >= 4 is 41.0 Å². The maximum atomic E-state index is 11.4. The number of carbonyl (C=O) groups excluding carboxylic acids is 1. The Hall–Kier alpha value is -0.0300. The van der Waals surface area contributed by atoms with Gasteiger partial charge in [0.05, 0.1) is 0 Å². The third kappa shape index (κ3) is 2.01. The highest BCUT2D eigenvalue weighted by molar-refractivity contribution is 14.1. The molecule has 1 rings (SSSR count). The van der Waals surface area contributed by atoms with E-state index in [0.29, 0.717) is 6.42 Å². The van der Waals surface area contributed by atoms with E-state index in [1.807, 2.05) is 25.1 Å². The van der Waals surface area contributed by atoms with Gasteiger partial charge in [-0.3, -0.25) is 4.79 Å². The van der Waals surface area contributed by atoms with Crippen LogP contribution in [0.5, 0.6) is 0 Å². The number of thiol groups is 1. The van der Waals surface area contributed by atoms with Gasteiger partial charge in [-0.1, -0.05) is 13.0 Å². The molecule has 0 radical (unpaired) electrons. The molecule has 1 aromatic carbocycles. The topological polar surface area (TPSA) is 17.1 Å². The van der Waals surface area contributed by atoms with Gasteiger partial charge in [-0.25, -0.2) is 0 Å². The molecule has 0 spiro atoms. The number of halogens is 1. The number of Topliss-reactive ketones (excluding diaryl/α,β-unsaturated/α-hetero) is 1. The molecule has 12 heavy (non-hydrogen) atoms. The molecule has 0 aliphatic heterocycles. The average Bonchev–Trinajstić information content (AvgIpc) is 2.03. The second-order valence-corrected chi connectivity index (χ2v) is 4.05. The maximum Gasteiger partial charge on any atom is 0.164 e. The summed E-state index contributed by atoms with van der Waals surface area (Å²) in [4.78, 5) is 12.2. The summed E-state index contributed by atoms with van der Waals surface area (Å²) in [6.07, 6.45) is 0.535. The van der Waals surface area contributed by atoms with Crippen LogP contribution in [0.25, 0.3) is 0 Å². The van der Waals surface area contributed by atoms with E-state index in [2.05, 4.69) is 35.2 Å². The molecule has 0 bridgehead atoms. The Kier molecular flexibility index (Phi) is 3.58. The van der Waals surface area contributed by atoms with Crippen molar-refractivity contribution in [2.75, 3.05) is 0 Å². The number of rotatable bonds is 2. The Morgan fingerprint density at radius 3 is 2.75 bits per heavy atom. The van der Waals surface area contributed by atoms with E-state index >= 15 is 0 Å². The Balaban J connectivity index is 3.21. The molecular formula is C9H9IOS. The highest BCUT2D eigenvalue weighted by Gasteiger charge is 2.10. The molecule has 1 nitrogen and oxygen atoms in total. The van der Waals surface area contributed by atoms with Crippen LogP contribution in [-0.2, 0) is 0 Å². The molecule has 0 saturated carbocycles. The Morgan fingerprint density at radius 2 is 2.25 bits per heavy atom. The first-order valence-corrected chi connectivity index (χ1v) is 5.20. The summed E-state index contributed by atoms with van der Waals surface area (Å²) >= 11 is 6.39. The molecule has 0 unspecified atom stereocenters. The minimum atomic E-state index is 0.157. The minimum Gasteiger partial charge on any atom is -0.294 e. The lowest BCUT2D eigenvalue weighted by Gasteiger charge is -2.03. The van der Waals surface area contributed by atoms with Crippen LogP contribution in [0.3, 0.4) is 0 Å². The largest absolute Gasteiger partial charge is 0.294 e. The number of ketones is 1. The summed E-state index contributed by atoms with van der Waals surface area (Å²) in [7, 11) is 0. The van der Waals surface area contributed by atoms with E-state index in [-0.39, 0.29) is 5.78 Å². The zero-order chi connectivity index (χ0) is 9.14. The monoisotopic (exact) mass is 292 g/mol. The quantitative estimate of drug-likeness (QED) is 0.503. The lowest BCUT2D eigenvalue weighted by atomic mass is 10.1. The molecule has 0 heterocycles. The standard InChI is InChI=1S/C9H9IOS/c1-2-7(11)9-6(10)4-3-5-8(9)12/h3-5,12H,2H2,1H3. The number of hydrogen-bond acceptors (Lipinski definition) is 2. The van der Waals surface area contributed by atoms with Crippen molar-refractivity contribution in [2.24, 2.45) is 0 Å². The van der Waals surface area contributed by atoms with Gasteiger partial charge in [0.1, 0.15) is 0 Å². The summed E-state index contributed by atoms with van der Waals surface area (Å²) in [5.74, 6) is 0.157. The Bertz CT molecular complexity index is 289. The summed E-state index contributed by atoms with van der Waals surface area (Å²) < 4.78 is 0.979. The van der Waals surface area contributed by atoms with Crippen LogP contribution in [0.15, 0.2) is 23.1 Å². The zero-order valence-electron chi connectivity index (χ0n) is 6.67. The zero-order valence-corrected chi connectivity index (χ0v) is 9.72. The highest BCUT2D eigenvalue weighted by Crippen LogP contribution is 2.21. The number of hydrogen-bond donors (Lipinski definition) is 1. The summed E-state index contributed by atoms with van der Waals surface area (Å²) in [6, 6.07) is 5.66. The summed E-state index contributed by atoms with van der Waals surface area (Å²) in [5, 5.41) is 0. The van der Waals surface area contributed by atoms with Crippen molar-refractivity contribution in [1.82, 2.24) is 0 Å². The first-order valence-electron chi connectivity index (χ1n) is 3.67. The van der Waals surface area contributed by atoms with Gasteiger partial charge in [-0.2, -0.15) is 0 Å². The van der Waals surface area contributed by atoms with Gasteiger partial charge < -0.3 is 0 Å². The molecule has 0 amide bonds. The highest BCUT2D eigenvalue weighted by atomic mass is 127. The lowest BCUT2D eigenvalue weighted by Crippen LogP contribution is -2.00. The fourth-order valence-electron chi connectivity index (χ4n) is 0.966. The van der Waals surface area contributed by atoms with Gasteiger partial charge in [0, 0.05) is 20.4 Å². The third-order valence-corrected chi connectivity index (χ3v) is 2.86. The number of carbonyl (C=O) groups is 1. The van der Waals surface area contributed by atoms with Gasteiger partial charge in [0.2, 0.25) is 0 Å². The predicted octanol–water partition coefficient (Wildman–Crippen LogP) is 3.17. The van der Waals surface area contributed by atoms with Crippen molar-refractivity contribution in [2.45, 2.75) is 18.2 Å². The van der Waals surface area contributed by atoms with Crippen LogP contribution < -0.4 is 0 Å². The van der Waals surface area contributed by atoms with Crippen LogP contribution in [0.1, 0.15) is 23.7 Å². The molecule has 1 aromatic rings. The molecule has 0 N–H and O–H groups in total. The van der Waals surface area contributed by atoms with Gasteiger partial charge in [-0.15, -0.1) is 12.6 Å². The molecule has 0 aliphatic rings.